The predicted molar refractivity (Wildman–Crippen MR) is 74.1 cm³/mol. The highest BCUT2D eigenvalue weighted by Crippen LogP contribution is 2.27. The average molecular weight is 243 g/mol. The van der Waals surface area contributed by atoms with Gasteiger partial charge in [-0.3, -0.25) is 0 Å². The van der Waals surface area contributed by atoms with E-state index in [9.17, 15) is 4.39 Å². The maximum absolute atomic E-state index is 13.9. The van der Waals surface area contributed by atoms with Crippen LogP contribution in [0.2, 0.25) is 0 Å². The van der Waals surface area contributed by atoms with E-state index < -0.39 is 0 Å². The third-order valence-corrected chi connectivity index (χ3v) is 3.08. The zero-order chi connectivity index (χ0) is 13.1. The monoisotopic (exact) mass is 243 g/mol. The first-order valence-corrected chi connectivity index (χ1v) is 6.12. The fourth-order valence-electron chi connectivity index (χ4n) is 2.19. The number of halogens is 1. The smallest absolute Gasteiger partial charge is 0.131 e. The topological polar surface area (TPSA) is 12.0 Å². The molecule has 1 nitrogen and oxygen atoms in total. The number of benzene rings is 2. The van der Waals surface area contributed by atoms with E-state index in [0.717, 1.165) is 23.2 Å². The SMILES string of the molecule is CNCc1ccc(-c2cc(C)ccc2F)c(C)c1. The first-order chi connectivity index (χ1) is 8.61. The third kappa shape index (κ3) is 2.59. The molecule has 2 heteroatoms. The molecule has 2 aromatic rings. The molecule has 0 bridgehead atoms. The van der Waals surface area contributed by atoms with Gasteiger partial charge in [-0.15, -0.1) is 0 Å². The molecule has 0 aromatic heterocycles. The van der Waals surface area contributed by atoms with Crippen LogP contribution in [0.25, 0.3) is 11.1 Å². The first-order valence-electron chi connectivity index (χ1n) is 6.12. The number of aryl methyl sites for hydroxylation is 2. The molecule has 2 aromatic carbocycles. The molecule has 0 amide bonds. The molecule has 94 valence electrons. The summed E-state index contributed by atoms with van der Waals surface area (Å²) < 4.78 is 13.9. The molecule has 0 unspecified atom stereocenters. The minimum atomic E-state index is -0.162. The van der Waals surface area contributed by atoms with Crippen molar-refractivity contribution in [3.05, 3.63) is 58.9 Å². The molecule has 0 radical (unpaired) electrons. The largest absolute Gasteiger partial charge is 0.316 e. The maximum atomic E-state index is 13.9. The normalized spacial score (nSPS) is 10.7. The second-order valence-corrected chi connectivity index (χ2v) is 4.66. The van der Waals surface area contributed by atoms with Crippen LogP contribution in [0.3, 0.4) is 0 Å². The maximum Gasteiger partial charge on any atom is 0.131 e. The van der Waals surface area contributed by atoms with Gasteiger partial charge >= 0.3 is 0 Å². The fraction of sp³-hybridized carbons (Fsp3) is 0.250. The Bertz CT molecular complexity index is 561. The van der Waals surface area contributed by atoms with Gasteiger partial charge in [0.2, 0.25) is 0 Å². The molecule has 0 atom stereocenters. The van der Waals surface area contributed by atoms with Crippen molar-refractivity contribution < 1.29 is 4.39 Å². The molecular weight excluding hydrogens is 225 g/mol. The fourth-order valence-corrected chi connectivity index (χ4v) is 2.19. The molecule has 0 heterocycles. The Balaban J connectivity index is 2.47. The van der Waals surface area contributed by atoms with E-state index in [2.05, 4.69) is 11.4 Å². The van der Waals surface area contributed by atoms with Crippen LogP contribution in [0.15, 0.2) is 36.4 Å². The summed E-state index contributed by atoms with van der Waals surface area (Å²) in [6, 6.07) is 11.4. The highest BCUT2D eigenvalue weighted by Gasteiger charge is 2.08. The second kappa shape index (κ2) is 5.32. The van der Waals surface area contributed by atoms with Crippen molar-refractivity contribution in [2.45, 2.75) is 20.4 Å². The highest BCUT2D eigenvalue weighted by molar-refractivity contribution is 5.68. The molecule has 18 heavy (non-hydrogen) atoms. The summed E-state index contributed by atoms with van der Waals surface area (Å²) in [5, 5.41) is 3.12. The van der Waals surface area contributed by atoms with Gasteiger partial charge in [-0.05, 0) is 49.7 Å². The van der Waals surface area contributed by atoms with Crippen LogP contribution in [0.4, 0.5) is 4.39 Å². The minimum absolute atomic E-state index is 0.162. The van der Waals surface area contributed by atoms with Gasteiger partial charge in [0.25, 0.3) is 0 Å². The summed E-state index contributed by atoms with van der Waals surface area (Å²) in [4.78, 5) is 0. The molecule has 1 N–H and O–H groups in total. The lowest BCUT2D eigenvalue weighted by Gasteiger charge is -2.10. The summed E-state index contributed by atoms with van der Waals surface area (Å²) in [5.41, 5.74) is 5.05. The quantitative estimate of drug-likeness (QED) is 0.864. The van der Waals surface area contributed by atoms with E-state index in [1.807, 2.05) is 39.1 Å². The first kappa shape index (κ1) is 12.8. The van der Waals surface area contributed by atoms with Gasteiger partial charge in [0.1, 0.15) is 5.82 Å². The number of nitrogens with one attached hydrogen (secondary N) is 1. The van der Waals surface area contributed by atoms with Gasteiger partial charge in [-0.2, -0.15) is 0 Å². The Morgan fingerprint density at radius 3 is 2.44 bits per heavy atom. The second-order valence-electron chi connectivity index (χ2n) is 4.66. The van der Waals surface area contributed by atoms with E-state index in [1.165, 1.54) is 11.6 Å². The van der Waals surface area contributed by atoms with Crippen LogP contribution in [-0.4, -0.2) is 7.05 Å². The van der Waals surface area contributed by atoms with Gasteiger partial charge in [-0.25, -0.2) is 4.39 Å². The highest BCUT2D eigenvalue weighted by atomic mass is 19.1. The van der Waals surface area contributed by atoms with E-state index >= 15 is 0 Å². The van der Waals surface area contributed by atoms with E-state index in [1.54, 1.807) is 6.07 Å². The molecule has 0 saturated carbocycles. The van der Waals surface area contributed by atoms with Crippen LogP contribution >= 0.6 is 0 Å². The van der Waals surface area contributed by atoms with Crippen molar-refractivity contribution in [1.82, 2.24) is 5.32 Å². The van der Waals surface area contributed by atoms with Crippen molar-refractivity contribution in [2.75, 3.05) is 7.05 Å². The minimum Gasteiger partial charge on any atom is -0.316 e. The van der Waals surface area contributed by atoms with E-state index in [0.29, 0.717) is 5.56 Å². The zero-order valence-electron chi connectivity index (χ0n) is 11.0. The predicted octanol–water partition coefficient (Wildman–Crippen LogP) is 3.83. The summed E-state index contributed by atoms with van der Waals surface area (Å²) in [5.74, 6) is -0.162. The van der Waals surface area contributed by atoms with Crippen LogP contribution in [0, 0.1) is 19.7 Å². The summed E-state index contributed by atoms with van der Waals surface area (Å²) >= 11 is 0. The van der Waals surface area contributed by atoms with Crippen molar-refractivity contribution in [2.24, 2.45) is 0 Å². The van der Waals surface area contributed by atoms with Crippen LogP contribution in [0.1, 0.15) is 16.7 Å². The summed E-state index contributed by atoms with van der Waals surface area (Å²) in [7, 11) is 1.92. The lowest BCUT2D eigenvalue weighted by molar-refractivity contribution is 0.631. The third-order valence-electron chi connectivity index (χ3n) is 3.08. The molecule has 0 saturated heterocycles. The van der Waals surface area contributed by atoms with Crippen molar-refractivity contribution in [3.63, 3.8) is 0 Å². The molecule has 0 aliphatic carbocycles. The lowest BCUT2D eigenvalue weighted by Crippen LogP contribution is -2.05. The lowest BCUT2D eigenvalue weighted by atomic mass is 9.97. The molecular formula is C16H18FN. The van der Waals surface area contributed by atoms with Crippen molar-refractivity contribution in [1.29, 1.82) is 0 Å². The number of hydrogen-bond acceptors (Lipinski definition) is 1. The molecule has 0 aliphatic rings. The Morgan fingerprint density at radius 2 is 1.78 bits per heavy atom. The molecule has 0 spiro atoms. The van der Waals surface area contributed by atoms with Crippen LogP contribution in [0.5, 0.6) is 0 Å². The Labute approximate surface area is 108 Å². The van der Waals surface area contributed by atoms with Crippen LogP contribution in [-0.2, 0) is 6.54 Å². The van der Waals surface area contributed by atoms with Gasteiger partial charge in [0.05, 0.1) is 0 Å². The van der Waals surface area contributed by atoms with Crippen molar-refractivity contribution >= 4 is 0 Å². The Morgan fingerprint density at radius 1 is 1.00 bits per heavy atom. The summed E-state index contributed by atoms with van der Waals surface area (Å²) in [6.45, 7) is 4.83. The van der Waals surface area contributed by atoms with Gasteiger partial charge in [0, 0.05) is 12.1 Å². The van der Waals surface area contributed by atoms with Crippen molar-refractivity contribution in [3.8, 4) is 11.1 Å². The van der Waals surface area contributed by atoms with Gasteiger partial charge in [-0.1, -0.05) is 29.8 Å². The zero-order valence-corrected chi connectivity index (χ0v) is 11.0. The Hall–Kier alpha value is -1.67. The average Bonchev–Trinajstić information content (AvgIpc) is 2.33. The van der Waals surface area contributed by atoms with Gasteiger partial charge < -0.3 is 5.32 Å². The standard InChI is InChI=1S/C16H18FN/c1-11-4-7-16(17)15(8-11)14-6-5-13(10-18-3)9-12(14)2/h4-9,18H,10H2,1-3H3. The molecule has 2 rings (SSSR count). The summed E-state index contributed by atoms with van der Waals surface area (Å²) in [6.07, 6.45) is 0. The van der Waals surface area contributed by atoms with Gasteiger partial charge in [0.15, 0.2) is 0 Å². The molecule has 0 aliphatic heterocycles. The molecule has 0 fully saturated rings. The van der Waals surface area contributed by atoms with E-state index in [-0.39, 0.29) is 5.82 Å². The van der Waals surface area contributed by atoms with Crippen LogP contribution < -0.4 is 5.32 Å². The number of rotatable bonds is 3. The Kier molecular flexibility index (Phi) is 3.78. The number of hydrogen-bond donors (Lipinski definition) is 1. The van der Waals surface area contributed by atoms with E-state index in [4.69, 9.17) is 0 Å².